The van der Waals surface area contributed by atoms with Gasteiger partial charge in [-0.1, -0.05) is 23.7 Å². The molecule has 0 radical (unpaired) electrons. The number of carboxylic acids is 1. The van der Waals surface area contributed by atoms with Gasteiger partial charge in [0.15, 0.2) is 0 Å². The van der Waals surface area contributed by atoms with Crippen molar-refractivity contribution in [3.05, 3.63) is 75.9 Å². The van der Waals surface area contributed by atoms with Crippen LogP contribution in [0.25, 0.3) is 10.4 Å². The highest BCUT2D eigenvalue weighted by Crippen LogP contribution is 2.34. The molecule has 0 aliphatic carbocycles. The topological polar surface area (TPSA) is 108 Å². The highest BCUT2D eigenvalue weighted by atomic mass is 35.5. The number of halogens is 1. The van der Waals surface area contributed by atoms with Crippen LogP contribution in [0.3, 0.4) is 0 Å². The third-order valence-electron chi connectivity index (χ3n) is 3.71. The van der Waals surface area contributed by atoms with Crippen LogP contribution in [0.15, 0.2) is 54.9 Å². The van der Waals surface area contributed by atoms with Gasteiger partial charge in [-0.25, -0.2) is 0 Å². The lowest BCUT2D eigenvalue weighted by Crippen LogP contribution is -2.41. The van der Waals surface area contributed by atoms with E-state index in [-0.39, 0.29) is 11.3 Å². The third-order valence-corrected chi connectivity index (χ3v) is 5.19. The Hall–Kier alpha value is -3.23. The second-order valence-corrected chi connectivity index (χ2v) is 7.18. The summed E-state index contributed by atoms with van der Waals surface area (Å²) in [5, 5.41) is 9.71. The summed E-state index contributed by atoms with van der Waals surface area (Å²) in [6, 6.07) is 11.4. The summed E-state index contributed by atoms with van der Waals surface area (Å²) in [6.07, 6.45) is 2.70. The van der Waals surface area contributed by atoms with Gasteiger partial charge in [-0.3, -0.25) is 30.2 Å². The van der Waals surface area contributed by atoms with Crippen molar-refractivity contribution < 1.29 is 19.5 Å². The van der Waals surface area contributed by atoms with E-state index in [4.69, 9.17) is 16.7 Å². The van der Waals surface area contributed by atoms with E-state index in [1.54, 1.807) is 24.3 Å². The van der Waals surface area contributed by atoms with E-state index in [9.17, 15) is 14.4 Å². The molecule has 2 heterocycles. The van der Waals surface area contributed by atoms with Crippen LogP contribution >= 0.6 is 22.9 Å². The molecule has 0 unspecified atom stereocenters. The lowest BCUT2D eigenvalue weighted by molar-refractivity contribution is -0.136. The molecule has 2 aromatic heterocycles. The van der Waals surface area contributed by atoms with Gasteiger partial charge in [0.2, 0.25) is 0 Å². The van der Waals surface area contributed by atoms with Gasteiger partial charge in [0.05, 0.1) is 11.3 Å². The zero-order valence-electron chi connectivity index (χ0n) is 14.3. The van der Waals surface area contributed by atoms with Gasteiger partial charge in [0.25, 0.3) is 11.8 Å². The Morgan fingerprint density at radius 3 is 2.29 bits per heavy atom. The smallest absolute Gasteiger partial charge is 0.307 e. The van der Waals surface area contributed by atoms with Crippen molar-refractivity contribution in [2.24, 2.45) is 0 Å². The summed E-state index contributed by atoms with van der Waals surface area (Å²) >= 11 is 7.04. The van der Waals surface area contributed by atoms with Crippen molar-refractivity contribution in [2.45, 2.75) is 6.42 Å². The Morgan fingerprint density at radius 2 is 1.64 bits per heavy atom. The van der Waals surface area contributed by atoms with Crippen molar-refractivity contribution in [2.75, 3.05) is 0 Å². The number of hydrazine groups is 1. The number of nitrogens with zero attached hydrogens (tertiary/aromatic N) is 1. The molecule has 142 valence electrons. The molecule has 0 aliphatic rings. The number of hydrogen-bond donors (Lipinski definition) is 3. The minimum atomic E-state index is -1.01. The van der Waals surface area contributed by atoms with Gasteiger partial charge < -0.3 is 5.11 Å². The fraction of sp³-hybridized carbons (Fsp3) is 0.0526. The van der Waals surface area contributed by atoms with Gasteiger partial charge in [0.1, 0.15) is 0 Å². The maximum Gasteiger partial charge on any atom is 0.307 e. The van der Waals surface area contributed by atoms with Gasteiger partial charge in [-0.05, 0) is 41.5 Å². The zero-order valence-corrected chi connectivity index (χ0v) is 15.9. The summed E-state index contributed by atoms with van der Waals surface area (Å²) in [7, 11) is 0. The Balaban J connectivity index is 1.79. The van der Waals surface area contributed by atoms with E-state index < -0.39 is 17.8 Å². The SMILES string of the molecule is O=C(O)Cc1cc(C(=O)NNC(=O)c2ccncc2)sc1-c1ccc(Cl)cc1. The van der Waals surface area contributed by atoms with E-state index in [1.165, 1.54) is 30.6 Å². The minimum Gasteiger partial charge on any atom is -0.481 e. The average molecular weight is 416 g/mol. The van der Waals surface area contributed by atoms with Crippen molar-refractivity contribution in [1.82, 2.24) is 15.8 Å². The highest BCUT2D eigenvalue weighted by Gasteiger charge is 2.18. The largest absolute Gasteiger partial charge is 0.481 e. The summed E-state index contributed by atoms with van der Waals surface area (Å²) in [5.74, 6) is -2.04. The van der Waals surface area contributed by atoms with Crippen LogP contribution in [0.2, 0.25) is 5.02 Å². The van der Waals surface area contributed by atoms with Gasteiger partial charge in [-0.2, -0.15) is 0 Å². The molecule has 3 N–H and O–H groups in total. The Kier molecular flexibility index (Phi) is 6.03. The zero-order chi connectivity index (χ0) is 20.1. The quantitative estimate of drug-likeness (QED) is 0.554. The van der Waals surface area contributed by atoms with Crippen LogP contribution in [-0.2, 0) is 11.2 Å². The number of carbonyl (C=O) groups is 3. The number of pyridine rings is 1. The molecule has 9 heteroatoms. The molecular weight excluding hydrogens is 402 g/mol. The number of amides is 2. The van der Waals surface area contributed by atoms with Crippen molar-refractivity contribution in [1.29, 1.82) is 0 Å². The number of aliphatic carboxylic acids is 1. The maximum absolute atomic E-state index is 12.4. The van der Waals surface area contributed by atoms with Crippen LogP contribution in [0.1, 0.15) is 25.6 Å². The van der Waals surface area contributed by atoms with Crippen LogP contribution in [-0.4, -0.2) is 27.9 Å². The molecular formula is C19H14ClN3O4S. The van der Waals surface area contributed by atoms with E-state index in [1.807, 2.05) is 0 Å². The molecule has 28 heavy (non-hydrogen) atoms. The average Bonchev–Trinajstić information content (AvgIpc) is 3.10. The number of nitrogens with one attached hydrogen (secondary N) is 2. The Labute approximate surface area is 169 Å². The second-order valence-electron chi connectivity index (χ2n) is 5.69. The Bertz CT molecular complexity index is 1020. The molecule has 1 aromatic carbocycles. The van der Waals surface area contributed by atoms with Crippen molar-refractivity contribution in [3.63, 3.8) is 0 Å². The van der Waals surface area contributed by atoms with E-state index in [0.717, 1.165) is 16.9 Å². The van der Waals surface area contributed by atoms with Crippen LogP contribution < -0.4 is 10.9 Å². The van der Waals surface area contributed by atoms with Crippen LogP contribution in [0, 0.1) is 0 Å². The number of hydrogen-bond acceptors (Lipinski definition) is 5. The Morgan fingerprint density at radius 1 is 1.00 bits per heavy atom. The number of benzene rings is 1. The first-order valence-corrected chi connectivity index (χ1v) is 9.24. The first kappa shape index (κ1) is 19.5. The molecule has 0 saturated carbocycles. The molecule has 7 nitrogen and oxygen atoms in total. The molecule has 0 fully saturated rings. The number of aromatic nitrogens is 1. The summed E-state index contributed by atoms with van der Waals surface area (Å²) < 4.78 is 0. The van der Waals surface area contributed by atoms with Crippen molar-refractivity contribution >= 4 is 40.7 Å². The number of thiophene rings is 1. The molecule has 0 bridgehead atoms. The van der Waals surface area contributed by atoms with Gasteiger partial charge in [0, 0.05) is 27.9 Å². The standard InChI is InChI=1S/C19H14ClN3O4S/c20-14-3-1-11(2-4-14)17-13(10-16(24)25)9-15(28-17)19(27)23-22-18(26)12-5-7-21-8-6-12/h1-9H,10H2,(H,22,26)(H,23,27)(H,24,25). The van der Waals surface area contributed by atoms with Crippen molar-refractivity contribution in [3.8, 4) is 10.4 Å². The third kappa shape index (κ3) is 4.73. The van der Waals surface area contributed by atoms with E-state index in [0.29, 0.717) is 21.0 Å². The molecule has 3 aromatic rings. The first-order valence-electron chi connectivity index (χ1n) is 8.05. The second kappa shape index (κ2) is 8.64. The number of rotatable bonds is 5. The van der Waals surface area contributed by atoms with Gasteiger partial charge in [-0.15, -0.1) is 11.3 Å². The molecule has 0 spiro atoms. The predicted molar refractivity (Wildman–Crippen MR) is 105 cm³/mol. The molecule has 0 aliphatic heterocycles. The first-order chi connectivity index (χ1) is 13.4. The summed E-state index contributed by atoms with van der Waals surface area (Å²) in [6.45, 7) is 0. The fourth-order valence-corrected chi connectivity index (χ4v) is 3.64. The predicted octanol–water partition coefficient (Wildman–Crippen LogP) is 3.17. The number of carbonyl (C=O) groups excluding carboxylic acids is 2. The summed E-state index contributed by atoms with van der Waals surface area (Å²) in [5.41, 5.74) is 6.26. The van der Waals surface area contributed by atoms with Gasteiger partial charge >= 0.3 is 5.97 Å². The normalized spacial score (nSPS) is 10.3. The number of carboxylic acid groups (broad SMARTS) is 1. The van der Waals surface area contributed by atoms with Crippen LogP contribution in [0.5, 0.6) is 0 Å². The molecule has 0 saturated heterocycles. The lowest BCUT2D eigenvalue weighted by atomic mass is 10.1. The monoisotopic (exact) mass is 415 g/mol. The van der Waals surface area contributed by atoms with E-state index >= 15 is 0 Å². The summed E-state index contributed by atoms with van der Waals surface area (Å²) in [4.78, 5) is 40.4. The van der Waals surface area contributed by atoms with E-state index in [2.05, 4.69) is 15.8 Å². The minimum absolute atomic E-state index is 0.231. The molecule has 3 rings (SSSR count). The maximum atomic E-state index is 12.4. The highest BCUT2D eigenvalue weighted by molar-refractivity contribution is 7.17. The molecule has 2 amide bonds. The molecule has 0 atom stereocenters. The fourth-order valence-electron chi connectivity index (χ4n) is 2.43. The lowest BCUT2D eigenvalue weighted by Gasteiger charge is -2.05. The van der Waals surface area contributed by atoms with Crippen LogP contribution in [0.4, 0.5) is 0 Å².